The average molecular weight is 208 g/mol. The van der Waals surface area contributed by atoms with Crippen LogP contribution in [0.25, 0.3) is 0 Å². The van der Waals surface area contributed by atoms with Crippen LogP contribution in [-0.2, 0) is 4.74 Å². The largest absolute Gasteiger partial charge is 0.496 e. The zero-order valence-corrected chi connectivity index (χ0v) is 8.85. The van der Waals surface area contributed by atoms with Crippen molar-refractivity contribution in [2.45, 2.75) is 6.10 Å². The number of benzene rings is 1. The second-order valence-electron chi connectivity index (χ2n) is 3.60. The molecule has 1 unspecified atom stereocenters. The standard InChI is InChI=1S/C11H16N2O2/c1-14-10-5-3-2-4-9(10)11-8-13(12)6-7-15-11/h2-5,11H,6-8,12H2,1H3. The van der Waals surface area contributed by atoms with E-state index in [4.69, 9.17) is 15.3 Å². The highest BCUT2D eigenvalue weighted by molar-refractivity contribution is 5.35. The Morgan fingerprint density at radius 3 is 3.00 bits per heavy atom. The van der Waals surface area contributed by atoms with Gasteiger partial charge in [-0.15, -0.1) is 0 Å². The fourth-order valence-electron chi connectivity index (χ4n) is 1.79. The van der Waals surface area contributed by atoms with Gasteiger partial charge in [0.1, 0.15) is 11.9 Å². The minimum absolute atomic E-state index is 0.0138. The molecule has 0 aromatic heterocycles. The normalized spacial score (nSPS) is 22.7. The van der Waals surface area contributed by atoms with Gasteiger partial charge in [0.15, 0.2) is 0 Å². The van der Waals surface area contributed by atoms with Gasteiger partial charge in [0.25, 0.3) is 0 Å². The lowest BCUT2D eigenvalue weighted by molar-refractivity contribution is -0.0313. The summed E-state index contributed by atoms with van der Waals surface area (Å²) in [5, 5.41) is 1.78. The van der Waals surface area contributed by atoms with Crippen LogP contribution in [0, 0.1) is 0 Å². The third-order valence-electron chi connectivity index (χ3n) is 2.58. The Morgan fingerprint density at radius 1 is 1.47 bits per heavy atom. The number of hydrazine groups is 1. The molecule has 0 spiro atoms. The Balaban J connectivity index is 2.20. The molecule has 1 aliphatic rings. The third kappa shape index (κ3) is 2.28. The number of methoxy groups -OCH3 is 1. The summed E-state index contributed by atoms with van der Waals surface area (Å²) in [7, 11) is 1.67. The molecule has 0 radical (unpaired) electrons. The summed E-state index contributed by atoms with van der Waals surface area (Å²) in [5.74, 6) is 6.63. The van der Waals surface area contributed by atoms with Crippen molar-refractivity contribution < 1.29 is 9.47 Å². The first kappa shape index (κ1) is 10.4. The van der Waals surface area contributed by atoms with Gasteiger partial charge in [-0.3, -0.25) is 5.84 Å². The van der Waals surface area contributed by atoms with Crippen molar-refractivity contribution in [1.82, 2.24) is 5.01 Å². The molecule has 1 saturated heterocycles. The van der Waals surface area contributed by atoms with E-state index in [2.05, 4.69) is 0 Å². The molecular formula is C11H16N2O2. The molecular weight excluding hydrogens is 192 g/mol. The molecule has 0 bridgehead atoms. The summed E-state index contributed by atoms with van der Waals surface area (Å²) in [6.07, 6.45) is 0.0138. The number of nitrogens with two attached hydrogens (primary N) is 1. The second kappa shape index (κ2) is 4.61. The molecule has 2 rings (SSSR count). The van der Waals surface area contributed by atoms with Gasteiger partial charge in [0, 0.05) is 18.7 Å². The van der Waals surface area contributed by atoms with E-state index in [1.165, 1.54) is 0 Å². The summed E-state index contributed by atoms with van der Waals surface area (Å²) >= 11 is 0. The zero-order valence-electron chi connectivity index (χ0n) is 8.85. The van der Waals surface area contributed by atoms with Gasteiger partial charge in [-0.25, -0.2) is 5.01 Å². The van der Waals surface area contributed by atoms with Gasteiger partial charge < -0.3 is 9.47 Å². The first-order chi connectivity index (χ1) is 7.31. The summed E-state index contributed by atoms with van der Waals surface area (Å²) in [6, 6.07) is 7.89. The molecule has 4 heteroatoms. The van der Waals surface area contributed by atoms with Crippen molar-refractivity contribution in [2.75, 3.05) is 26.8 Å². The van der Waals surface area contributed by atoms with Crippen LogP contribution in [0.4, 0.5) is 0 Å². The maximum absolute atomic E-state index is 5.77. The van der Waals surface area contributed by atoms with Crippen LogP contribution in [0.1, 0.15) is 11.7 Å². The summed E-state index contributed by atoms with van der Waals surface area (Å²) in [5.41, 5.74) is 1.06. The smallest absolute Gasteiger partial charge is 0.124 e. The molecule has 1 fully saturated rings. The van der Waals surface area contributed by atoms with Crippen LogP contribution in [0.15, 0.2) is 24.3 Å². The number of hydrogen-bond acceptors (Lipinski definition) is 4. The lowest BCUT2D eigenvalue weighted by Gasteiger charge is -2.30. The zero-order chi connectivity index (χ0) is 10.7. The number of morpholine rings is 1. The Labute approximate surface area is 89.5 Å². The van der Waals surface area contributed by atoms with E-state index in [-0.39, 0.29) is 6.10 Å². The molecule has 2 N–H and O–H groups in total. The van der Waals surface area contributed by atoms with E-state index in [1.807, 2.05) is 24.3 Å². The van der Waals surface area contributed by atoms with E-state index in [9.17, 15) is 0 Å². The van der Waals surface area contributed by atoms with Gasteiger partial charge in [0.2, 0.25) is 0 Å². The highest BCUT2D eigenvalue weighted by Crippen LogP contribution is 2.28. The second-order valence-corrected chi connectivity index (χ2v) is 3.60. The Kier molecular flexibility index (Phi) is 3.20. The van der Waals surface area contributed by atoms with E-state index in [1.54, 1.807) is 12.1 Å². The van der Waals surface area contributed by atoms with Crippen LogP contribution >= 0.6 is 0 Å². The molecule has 0 aliphatic carbocycles. The summed E-state index contributed by atoms with van der Waals surface area (Å²) in [6.45, 7) is 2.16. The van der Waals surface area contributed by atoms with Crippen LogP contribution in [-0.4, -0.2) is 31.8 Å². The molecule has 1 aromatic rings. The number of rotatable bonds is 2. The van der Waals surface area contributed by atoms with Gasteiger partial charge >= 0.3 is 0 Å². The van der Waals surface area contributed by atoms with Crippen LogP contribution in [0.5, 0.6) is 5.75 Å². The number of ether oxygens (including phenoxy) is 2. The number of para-hydroxylation sites is 1. The maximum Gasteiger partial charge on any atom is 0.124 e. The summed E-state index contributed by atoms with van der Waals surface area (Å²) in [4.78, 5) is 0. The fourth-order valence-corrected chi connectivity index (χ4v) is 1.79. The molecule has 15 heavy (non-hydrogen) atoms. The lowest BCUT2D eigenvalue weighted by atomic mass is 10.1. The van der Waals surface area contributed by atoms with Crippen LogP contribution < -0.4 is 10.6 Å². The average Bonchev–Trinajstić information content (AvgIpc) is 2.29. The third-order valence-corrected chi connectivity index (χ3v) is 2.58. The molecule has 1 aliphatic heterocycles. The molecule has 82 valence electrons. The highest BCUT2D eigenvalue weighted by atomic mass is 16.5. The van der Waals surface area contributed by atoms with Gasteiger partial charge in [-0.1, -0.05) is 18.2 Å². The quantitative estimate of drug-likeness (QED) is 0.735. The molecule has 1 heterocycles. The fraction of sp³-hybridized carbons (Fsp3) is 0.455. The topological polar surface area (TPSA) is 47.7 Å². The minimum Gasteiger partial charge on any atom is -0.496 e. The maximum atomic E-state index is 5.77. The predicted molar refractivity (Wildman–Crippen MR) is 57.4 cm³/mol. The van der Waals surface area contributed by atoms with Crippen molar-refractivity contribution in [3.05, 3.63) is 29.8 Å². The van der Waals surface area contributed by atoms with Crippen LogP contribution in [0.2, 0.25) is 0 Å². The van der Waals surface area contributed by atoms with Crippen molar-refractivity contribution >= 4 is 0 Å². The van der Waals surface area contributed by atoms with Crippen molar-refractivity contribution in [1.29, 1.82) is 0 Å². The van der Waals surface area contributed by atoms with E-state index in [0.717, 1.165) is 17.9 Å². The van der Waals surface area contributed by atoms with Gasteiger partial charge in [-0.2, -0.15) is 0 Å². The SMILES string of the molecule is COc1ccccc1C1CN(N)CCO1. The van der Waals surface area contributed by atoms with Gasteiger partial charge in [-0.05, 0) is 6.07 Å². The van der Waals surface area contributed by atoms with Crippen molar-refractivity contribution in [3.63, 3.8) is 0 Å². The number of nitrogens with zero attached hydrogens (tertiary/aromatic N) is 1. The van der Waals surface area contributed by atoms with Crippen molar-refractivity contribution in [3.8, 4) is 5.75 Å². The lowest BCUT2D eigenvalue weighted by Crippen LogP contribution is -2.42. The Morgan fingerprint density at radius 2 is 2.27 bits per heavy atom. The highest BCUT2D eigenvalue weighted by Gasteiger charge is 2.22. The molecule has 0 amide bonds. The monoisotopic (exact) mass is 208 g/mol. The van der Waals surface area contributed by atoms with Crippen molar-refractivity contribution in [2.24, 2.45) is 5.84 Å². The van der Waals surface area contributed by atoms with E-state index >= 15 is 0 Å². The minimum atomic E-state index is 0.0138. The van der Waals surface area contributed by atoms with E-state index in [0.29, 0.717) is 13.2 Å². The summed E-state index contributed by atoms with van der Waals surface area (Å²) < 4.78 is 11.0. The molecule has 1 aromatic carbocycles. The van der Waals surface area contributed by atoms with Crippen LogP contribution in [0.3, 0.4) is 0 Å². The Hall–Kier alpha value is -1.10. The first-order valence-corrected chi connectivity index (χ1v) is 5.05. The predicted octanol–water partition coefficient (Wildman–Crippen LogP) is 0.942. The molecule has 0 saturated carbocycles. The van der Waals surface area contributed by atoms with Gasteiger partial charge in [0.05, 0.1) is 13.7 Å². The Bertz CT molecular complexity index is 330. The molecule has 4 nitrogen and oxygen atoms in total. The van der Waals surface area contributed by atoms with E-state index < -0.39 is 0 Å². The first-order valence-electron chi connectivity index (χ1n) is 5.05. The number of hydrogen-bond donors (Lipinski definition) is 1. The molecule has 1 atom stereocenters.